The number of aromatic nitrogens is 2. The second-order valence-electron chi connectivity index (χ2n) is 7.44. The first-order valence-corrected chi connectivity index (χ1v) is 9.67. The molecule has 132 valence electrons. The molecule has 28 heavy (non-hydrogen) atoms. The third-order valence-corrected chi connectivity index (χ3v) is 5.81. The van der Waals surface area contributed by atoms with Gasteiger partial charge >= 0.3 is 0 Å². The van der Waals surface area contributed by atoms with Crippen molar-refractivity contribution in [3.63, 3.8) is 0 Å². The van der Waals surface area contributed by atoms with E-state index in [0.717, 1.165) is 34.8 Å². The first kappa shape index (κ1) is 15.5. The summed E-state index contributed by atoms with van der Waals surface area (Å²) in [7, 11) is 0. The van der Waals surface area contributed by atoms with Crippen LogP contribution in [0.25, 0.3) is 44.1 Å². The Hall–Kier alpha value is -3.52. The molecule has 5 aromatic rings. The summed E-state index contributed by atoms with van der Waals surface area (Å²) in [5.74, 6) is 0. The quantitative estimate of drug-likeness (QED) is 0.321. The van der Waals surface area contributed by atoms with E-state index in [1.165, 1.54) is 32.7 Å². The molecule has 0 fully saturated rings. The average molecular weight is 358 g/mol. The molecule has 0 bridgehead atoms. The predicted molar refractivity (Wildman–Crippen MR) is 115 cm³/mol. The molecule has 0 atom stereocenters. The zero-order valence-corrected chi connectivity index (χ0v) is 15.6. The third-order valence-electron chi connectivity index (χ3n) is 5.81. The van der Waals surface area contributed by atoms with Crippen LogP contribution in [0.3, 0.4) is 0 Å². The SMILES string of the molecule is Cc1nc2c(nc1-c1ccccc1)Cc1c-2c2ccccc2c2ccccc12. The second kappa shape index (κ2) is 5.74. The van der Waals surface area contributed by atoms with Gasteiger partial charge in [0, 0.05) is 17.5 Å². The van der Waals surface area contributed by atoms with Crippen molar-refractivity contribution < 1.29 is 0 Å². The van der Waals surface area contributed by atoms with E-state index in [0.29, 0.717) is 0 Å². The number of hydrogen-bond acceptors (Lipinski definition) is 2. The van der Waals surface area contributed by atoms with Crippen molar-refractivity contribution in [1.82, 2.24) is 9.97 Å². The van der Waals surface area contributed by atoms with Gasteiger partial charge in [0.2, 0.25) is 0 Å². The highest BCUT2D eigenvalue weighted by Crippen LogP contribution is 2.45. The molecule has 0 saturated carbocycles. The molecule has 2 nitrogen and oxygen atoms in total. The molecular weight excluding hydrogens is 340 g/mol. The Bertz CT molecular complexity index is 1380. The number of hydrogen-bond donors (Lipinski definition) is 0. The molecule has 0 amide bonds. The fourth-order valence-electron chi connectivity index (χ4n) is 4.58. The van der Waals surface area contributed by atoms with Gasteiger partial charge in [-0.05, 0) is 34.0 Å². The molecule has 0 N–H and O–H groups in total. The van der Waals surface area contributed by atoms with Crippen LogP contribution in [0.1, 0.15) is 17.0 Å². The summed E-state index contributed by atoms with van der Waals surface area (Å²) in [4.78, 5) is 10.2. The van der Waals surface area contributed by atoms with Crippen molar-refractivity contribution in [2.75, 3.05) is 0 Å². The summed E-state index contributed by atoms with van der Waals surface area (Å²) >= 11 is 0. The molecule has 1 aliphatic rings. The molecule has 0 spiro atoms. The normalized spacial score (nSPS) is 12.3. The van der Waals surface area contributed by atoms with Gasteiger partial charge < -0.3 is 0 Å². The Morgan fingerprint density at radius 3 is 1.96 bits per heavy atom. The van der Waals surface area contributed by atoms with Crippen molar-refractivity contribution in [2.24, 2.45) is 0 Å². The molecule has 4 aromatic carbocycles. The monoisotopic (exact) mass is 358 g/mol. The topological polar surface area (TPSA) is 25.8 Å². The fourth-order valence-corrected chi connectivity index (χ4v) is 4.58. The Balaban J connectivity index is 1.69. The van der Waals surface area contributed by atoms with Crippen LogP contribution in [0.4, 0.5) is 0 Å². The van der Waals surface area contributed by atoms with Crippen molar-refractivity contribution in [3.8, 4) is 22.5 Å². The van der Waals surface area contributed by atoms with E-state index in [1.807, 2.05) is 6.07 Å². The number of aryl methyl sites for hydroxylation is 1. The van der Waals surface area contributed by atoms with Crippen LogP contribution in [0.15, 0.2) is 78.9 Å². The van der Waals surface area contributed by atoms with Crippen LogP contribution < -0.4 is 0 Å². The van der Waals surface area contributed by atoms with Crippen LogP contribution in [0, 0.1) is 6.92 Å². The van der Waals surface area contributed by atoms with Crippen molar-refractivity contribution in [2.45, 2.75) is 13.3 Å². The van der Waals surface area contributed by atoms with Crippen LogP contribution in [-0.2, 0) is 6.42 Å². The first-order chi connectivity index (χ1) is 13.8. The molecular formula is C26H18N2. The second-order valence-corrected chi connectivity index (χ2v) is 7.44. The van der Waals surface area contributed by atoms with Gasteiger partial charge in [-0.15, -0.1) is 0 Å². The molecule has 0 radical (unpaired) electrons. The highest BCUT2D eigenvalue weighted by Gasteiger charge is 2.27. The maximum Gasteiger partial charge on any atom is 0.0933 e. The zero-order valence-electron chi connectivity index (χ0n) is 15.6. The van der Waals surface area contributed by atoms with Crippen molar-refractivity contribution in [1.29, 1.82) is 0 Å². The summed E-state index contributed by atoms with van der Waals surface area (Å²) in [6.45, 7) is 2.07. The number of fused-ring (bicyclic) bond motifs is 8. The highest BCUT2D eigenvalue weighted by atomic mass is 14.9. The predicted octanol–water partition coefficient (Wildman–Crippen LogP) is 6.33. The Morgan fingerprint density at radius 1 is 0.607 bits per heavy atom. The lowest BCUT2D eigenvalue weighted by atomic mass is 9.93. The van der Waals surface area contributed by atoms with Gasteiger partial charge in [-0.1, -0.05) is 78.9 Å². The lowest BCUT2D eigenvalue weighted by Gasteiger charge is -2.12. The number of rotatable bonds is 1. The maximum atomic E-state index is 5.09. The minimum atomic E-state index is 0.836. The van der Waals surface area contributed by atoms with Crippen LogP contribution in [-0.4, -0.2) is 9.97 Å². The smallest absolute Gasteiger partial charge is 0.0933 e. The van der Waals surface area contributed by atoms with Gasteiger partial charge in [-0.2, -0.15) is 0 Å². The largest absolute Gasteiger partial charge is 0.249 e. The summed E-state index contributed by atoms with van der Waals surface area (Å²) in [5, 5.41) is 5.19. The molecule has 1 aromatic heterocycles. The summed E-state index contributed by atoms with van der Waals surface area (Å²) in [6, 6.07) is 27.7. The van der Waals surface area contributed by atoms with E-state index in [4.69, 9.17) is 9.97 Å². The lowest BCUT2D eigenvalue weighted by Crippen LogP contribution is -1.98. The van der Waals surface area contributed by atoms with Gasteiger partial charge in [-0.3, -0.25) is 0 Å². The lowest BCUT2D eigenvalue weighted by molar-refractivity contribution is 1.06. The zero-order chi connectivity index (χ0) is 18.7. The first-order valence-electron chi connectivity index (χ1n) is 9.67. The Kier molecular flexibility index (Phi) is 3.18. The maximum absolute atomic E-state index is 5.09. The third kappa shape index (κ3) is 2.09. The van der Waals surface area contributed by atoms with Gasteiger partial charge in [0.25, 0.3) is 0 Å². The molecule has 0 saturated heterocycles. The highest BCUT2D eigenvalue weighted by molar-refractivity contribution is 6.16. The van der Waals surface area contributed by atoms with E-state index >= 15 is 0 Å². The average Bonchev–Trinajstić information content (AvgIpc) is 3.13. The van der Waals surface area contributed by atoms with Crippen molar-refractivity contribution >= 4 is 21.5 Å². The van der Waals surface area contributed by atoms with E-state index in [2.05, 4.69) is 79.7 Å². The minimum Gasteiger partial charge on any atom is -0.249 e. The summed E-state index contributed by atoms with van der Waals surface area (Å²) in [5.41, 5.74) is 7.85. The summed E-state index contributed by atoms with van der Waals surface area (Å²) < 4.78 is 0. The molecule has 2 heteroatoms. The Morgan fingerprint density at radius 2 is 1.21 bits per heavy atom. The number of benzene rings is 4. The van der Waals surface area contributed by atoms with Crippen LogP contribution in [0.2, 0.25) is 0 Å². The van der Waals surface area contributed by atoms with Crippen LogP contribution >= 0.6 is 0 Å². The standard InChI is InChI=1S/C26H18N2/c1-16-25(17-9-3-2-4-10-17)28-23-15-22-20-13-6-5-11-18(20)19-12-7-8-14-21(19)24(22)26(23)27-16/h2-14H,15H2,1H3. The summed E-state index contributed by atoms with van der Waals surface area (Å²) in [6.07, 6.45) is 0.836. The molecule has 1 aliphatic carbocycles. The van der Waals surface area contributed by atoms with Gasteiger partial charge in [0.05, 0.1) is 22.8 Å². The van der Waals surface area contributed by atoms with Gasteiger partial charge in [0.15, 0.2) is 0 Å². The minimum absolute atomic E-state index is 0.836. The molecule has 0 aliphatic heterocycles. The molecule has 6 rings (SSSR count). The molecule has 1 heterocycles. The van der Waals surface area contributed by atoms with E-state index in [1.54, 1.807) is 0 Å². The number of nitrogens with zero attached hydrogens (tertiary/aromatic N) is 2. The van der Waals surface area contributed by atoms with Gasteiger partial charge in [-0.25, -0.2) is 9.97 Å². The van der Waals surface area contributed by atoms with E-state index in [9.17, 15) is 0 Å². The Labute approximate surface area is 163 Å². The van der Waals surface area contributed by atoms with E-state index in [-0.39, 0.29) is 0 Å². The molecule has 0 unspecified atom stereocenters. The van der Waals surface area contributed by atoms with Gasteiger partial charge in [0.1, 0.15) is 0 Å². The fraction of sp³-hybridized carbons (Fsp3) is 0.0769. The van der Waals surface area contributed by atoms with Crippen molar-refractivity contribution in [3.05, 3.63) is 95.8 Å². The van der Waals surface area contributed by atoms with Crippen LogP contribution in [0.5, 0.6) is 0 Å². The van der Waals surface area contributed by atoms with E-state index < -0.39 is 0 Å².